The highest BCUT2D eigenvalue weighted by atomic mass is 35.5. The van der Waals surface area contributed by atoms with Crippen LogP contribution in [0.1, 0.15) is 24.3 Å². The van der Waals surface area contributed by atoms with E-state index in [2.05, 4.69) is 5.32 Å². The third-order valence-corrected chi connectivity index (χ3v) is 2.92. The van der Waals surface area contributed by atoms with Gasteiger partial charge in [-0.3, -0.25) is 9.59 Å². The first-order valence-corrected chi connectivity index (χ1v) is 5.26. The molecule has 1 unspecified atom stereocenters. The molecule has 2 N–H and O–H groups in total. The minimum Gasteiger partial charge on any atom is -0.481 e. The predicted molar refractivity (Wildman–Crippen MR) is 59.7 cm³/mol. The van der Waals surface area contributed by atoms with Crippen molar-refractivity contribution in [2.24, 2.45) is 0 Å². The highest BCUT2D eigenvalue weighted by Crippen LogP contribution is 2.38. The molecular formula is C11H10ClNO3. The van der Waals surface area contributed by atoms with Crippen molar-refractivity contribution in [1.29, 1.82) is 0 Å². The van der Waals surface area contributed by atoms with E-state index in [9.17, 15) is 9.59 Å². The van der Waals surface area contributed by atoms with Gasteiger partial charge in [0.15, 0.2) is 0 Å². The third-order valence-electron chi connectivity index (χ3n) is 2.59. The van der Waals surface area contributed by atoms with Crippen molar-refractivity contribution in [3.63, 3.8) is 0 Å². The number of anilines is 1. The quantitative estimate of drug-likeness (QED) is 0.832. The number of benzene rings is 1. The molecule has 0 bridgehead atoms. The van der Waals surface area contributed by atoms with Gasteiger partial charge in [0, 0.05) is 23.0 Å². The zero-order valence-corrected chi connectivity index (χ0v) is 9.12. The van der Waals surface area contributed by atoms with Crippen LogP contribution in [-0.4, -0.2) is 17.0 Å². The summed E-state index contributed by atoms with van der Waals surface area (Å²) in [6, 6.07) is 5.16. The number of rotatable bonds is 2. The zero-order chi connectivity index (χ0) is 11.7. The molecular weight excluding hydrogens is 230 g/mol. The monoisotopic (exact) mass is 239 g/mol. The average Bonchev–Trinajstić information content (AvgIpc) is 2.15. The van der Waals surface area contributed by atoms with Crippen LogP contribution < -0.4 is 5.32 Å². The first kappa shape index (κ1) is 11.0. The number of carboxylic acids is 1. The standard InChI is InChI=1S/C11H10ClNO3/c12-7-2-1-3-8-11(7)6(5-10(15)16)4-9(14)13-8/h1-3,6H,4-5H2,(H,13,14)(H,15,16). The Hall–Kier alpha value is -1.55. The summed E-state index contributed by atoms with van der Waals surface area (Å²) in [6.45, 7) is 0. The van der Waals surface area contributed by atoms with Crippen LogP contribution in [0, 0.1) is 0 Å². The maximum atomic E-state index is 11.4. The van der Waals surface area contributed by atoms with E-state index in [1.54, 1.807) is 18.2 Å². The Morgan fingerprint density at radius 2 is 2.31 bits per heavy atom. The van der Waals surface area contributed by atoms with Gasteiger partial charge in [-0.1, -0.05) is 17.7 Å². The van der Waals surface area contributed by atoms with E-state index in [4.69, 9.17) is 16.7 Å². The van der Waals surface area contributed by atoms with Gasteiger partial charge < -0.3 is 10.4 Å². The smallest absolute Gasteiger partial charge is 0.303 e. The number of carboxylic acid groups (broad SMARTS) is 1. The average molecular weight is 240 g/mol. The minimum atomic E-state index is -0.925. The maximum absolute atomic E-state index is 11.4. The van der Waals surface area contributed by atoms with Crippen molar-refractivity contribution >= 4 is 29.2 Å². The number of amides is 1. The Labute approximate surface area is 97.2 Å². The molecule has 0 saturated heterocycles. The second-order valence-electron chi connectivity index (χ2n) is 3.75. The fourth-order valence-electron chi connectivity index (χ4n) is 1.97. The lowest BCUT2D eigenvalue weighted by atomic mass is 9.88. The number of fused-ring (bicyclic) bond motifs is 1. The molecule has 1 aromatic rings. The van der Waals surface area contributed by atoms with Crippen LogP contribution in [-0.2, 0) is 9.59 Å². The molecule has 0 fully saturated rings. The van der Waals surface area contributed by atoms with Crippen molar-refractivity contribution in [1.82, 2.24) is 0 Å². The van der Waals surface area contributed by atoms with Gasteiger partial charge in [0.25, 0.3) is 0 Å². The Morgan fingerprint density at radius 1 is 1.56 bits per heavy atom. The van der Waals surface area contributed by atoms with E-state index < -0.39 is 5.97 Å². The Balaban J connectivity index is 2.43. The molecule has 0 spiro atoms. The highest BCUT2D eigenvalue weighted by Gasteiger charge is 2.28. The molecule has 0 aromatic heterocycles. The van der Waals surface area contributed by atoms with Crippen molar-refractivity contribution in [2.45, 2.75) is 18.8 Å². The van der Waals surface area contributed by atoms with Gasteiger partial charge in [-0.2, -0.15) is 0 Å². The normalized spacial score (nSPS) is 18.8. The van der Waals surface area contributed by atoms with Crippen LogP contribution in [0.2, 0.25) is 5.02 Å². The van der Waals surface area contributed by atoms with Gasteiger partial charge in [0.05, 0.1) is 6.42 Å². The Bertz CT molecular complexity index is 459. The summed E-state index contributed by atoms with van der Waals surface area (Å²) in [6.07, 6.45) is 0.0905. The summed E-state index contributed by atoms with van der Waals surface area (Å²) < 4.78 is 0. The van der Waals surface area contributed by atoms with E-state index in [0.29, 0.717) is 10.7 Å². The molecule has 1 aliphatic rings. The lowest BCUT2D eigenvalue weighted by Gasteiger charge is -2.25. The molecule has 1 atom stereocenters. The minimum absolute atomic E-state index is 0.0792. The van der Waals surface area contributed by atoms with Crippen LogP contribution >= 0.6 is 11.6 Å². The number of hydrogen-bond donors (Lipinski definition) is 2. The first-order chi connectivity index (χ1) is 7.58. The number of halogens is 1. The maximum Gasteiger partial charge on any atom is 0.303 e. The molecule has 1 aliphatic heterocycles. The lowest BCUT2D eigenvalue weighted by Crippen LogP contribution is -2.24. The number of carbonyl (C=O) groups is 2. The Morgan fingerprint density at radius 3 is 3.00 bits per heavy atom. The van der Waals surface area contributed by atoms with Gasteiger partial charge in [0.1, 0.15) is 0 Å². The molecule has 2 rings (SSSR count). The van der Waals surface area contributed by atoms with E-state index in [-0.39, 0.29) is 24.7 Å². The van der Waals surface area contributed by atoms with Gasteiger partial charge in [-0.15, -0.1) is 0 Å². The topological polar surface area (TPSA) is 66.4 Å². The second kappa shape index (κ2) is 4.14. The van der Waals surface area contributed by atoms with Crippen molar-refractivity contribution < 1.29 is 14.7 Å². The van der Waals surface area contributed by atoms with Crippen LogP contribution in [0.4, 0.5) is 5.69 Å². The number of nitrogens with one attached hydrogen (secondary N) is 1. The lowest BCUT2D eigenvalue weighted by molar-refractivity contribution is -0.137. The van der Waals surface area contributed by atoms with Crippen LogP contribution in [0.15, 0.2) is 18.2 Å². The highest BCUT2D eigenvalue weighted by molar-refractivity contribution is 6.32. The van der Waals surface area contributed by atoms with E-state index in [1.165, 1.54) is 0 Å². The summed E-state index contributed by atoms with van der Waals surface area (Å²) in [5, 5.41) is 12.0. The molecule has 0 saturated carbocycles. The summed E-state index contributed by atoms with van der Waals surface area (Å²) in [5.41, 5.74) is 1.35. The number of aliphatic carboxylic acids is 1. The fourth-order valence-corrected chi connectivity index (χ4v) is 2.30. The molecule has 1 heterocycles. The summed E-state index contributed by atoms with van der Waals surface area (Å²) in [5.74, 6) is -1.43. The van der Waals surface area contributed by atoms with Gasteiger partial charge in [-0.05, 0) is 17.7 Å². The number of carbonyl (C=O) groups excluding carboxylic acids is 1. The molecule has 5 heteroatoms. The van der Waals surface area contributed by atoms with Crippen LogP contribution in [0.25, 0.3) is 0 Å². The molecule has 84 valence electrons. The van der Waals surface area contributed by atoms with Gasteiger partial charge >= 0.3 is 5.97 Å². The largest absolute Gasteiger partial charge is 0.481 e. The van der Waals surface area contributed by atoms with Crippen LogP contribution in [0.5, 0.6) is 0 Å². The van der Waals surface area contributed by atoms with Crippen molar-refractivity contribution in [2.75, 3.05) is 5.32 Å². The SMILES string of the molecule is O=C(O)CC1CC(=O)Nc2cccc(Cl)c21. The first-order valence-electron chi connectivity index (χ1n) is 4.88. The summed E-state index contributed by atoms with van der Waals surface area (Å²) >= 11 is 6.02. The Kier molecular flexibility index (Phi) is 2.83. The molecule has 0 aliphatic carbocycles. The predicted octanol–water partition coefficient (Wildman–Crippen LogP) is 2.24. The van der Waals surface area contributed by atoms with Gasteiger partial charge in [0.2, 0.25) is 5.91 Å². The molecule has 16 heavy (non-hydrogen) atoms. The number of hydrogen-bond acceptors (Lipinski definition) is 2. The summed E-state index contributed by atoms with van der Waals surface area (Å²) in [7, 11) is 0. The third kappa shape index (κ3) is 2.02. The van der Waals surface area contributed by atoms with Crippen molar-refractivity contribution in [3.05, 3.63) is 28.8 Å². The molecule has 0 radical (unpaired) electrons. The van der Waals surface area contributed by atoms with Crippen LogP contribution in [0.3, 0.4) is 0 Å². The molecule has 1 amide bonds. The zero-order valence-electron chi connectivity index (χ0n) is 8.37. The van der Waals surface area contributed by atoms with E-state index in [1.807, 2.05) is 0 Å². The molecule has 4 nitrogen and oxygen atoms in total. The second-order valence-corrected chi connectivity index (χ2v) is 4.16. The van der Waals surface area contributed by atoms with Crippen molar-refractivity contribution in [3.8, 4) is 0 Å². The van der Waals surface area contributed by atoms with E-state index in [0.717, 1.165) is 5.56 Å². The van der Waals surface area contributed by atoms with Gasteiger partial charge in [-0.25, -0.2) is 0 Å². The fraction of sp³-hybridized carbons (Fsp3) is 0.273. The van der Waals surface area contributed by atoms with E-state index >= 15 is 0 Å². The summed E-state index contributed by atoms with van der Waals surface area (Å²) in [4.78, 5) is 22.1. The molecule has 1 aromatic carbocycles.